The first-order valence-corrected chi connectivity index (χ1v) is 14.0. The van der Waals surface area contributed by atoms with Crippen LogP contribution in [-0.2, 0) is 19.2 Å². The fourth-order valence-electron chi connectivity index (χ4n) is 5.21. The van der Waals surface area contributed by atoms with Gasteiger partial charge in [-0.15, -0.1) is 0 Å². The molecule has 4 aromatic carbocycles. The van der Waals surface area contributed by atoms with E-state index in [0.717, 1.165) is 0 Å². The Hall–Kier alpha value is -5.77. The Morgan fingerprint density at radius 3 is 2.05 bits per heavy atom. The van der Waals surface area contributed by atoms with E-state index in [2.05, 4.69) is 5.32 Å². The maximum Gasteiger partial charge on any atom is 0.335 e. The molecule has 2 N–H and O–H groups in total. The third kappa shape index (κ3) is 5.91. The van der Waals surface area contributed by atoms with Gasteiger partial charge >= 0.3 is 5.97 Å². The minimum absolute atomic E-state index is 0.0819. The lowest BCUT2D eigenvalue weighted by atomic mass is 10.0. The molecule has 1 unspecified atom stereocenters. The second-order valence-corrected chi connectivity index (χ2v) is 10.4. The molecule has 10 nitrogen and oxygen atoms in total. The summed E-state index contributed by atoms with van der Waals surface area (Å²) in [7, 11) is 0. The zero-order valence-corrected chi connectivity index (χ0v) is 24.1. The monoisotopic (exact) mass is 590 g/mol. The highest BCUT2D eigenvalue weighted by Crippen LogP contribution is 2.39. The van der Waals surface area contributed by atoms with Crippen LogP contribution >= 0.6 is 0 Å². The summed E-state index contributed by atoms with van der Waals surface area (Å²) in [6.45, 7) is 3.26. The van der Waals surface area contributed by atoms with Crippen molar-refractivity contribution in [2.75, 3.05) is 26.6 Å². The van der Waals surface area contributed by atoms with Crippen LogP contribution in [0.15, 0.2) is 109 Å². The zero-order valence-electron chi connectivity index (χ0n) is 24.1. The Kier molecular flexibility index (Phi) is 8.52. The largest absolute Gasteiger partial charge is 0.478 e. The van der Waals surface area contributed by atoms with Crippen LogP contribution in [0.2, 0.25) is 0 Å². The number of carbonyl (C=O) groups is 5. The number of nitrogens with one attached hydrogen (secondary N) is 1. The van der Waals surface area contributed by atoms with E-state index in [4.69, 9.17) is 0 Å². The van der Waals surface area contributed by atoms with Crippen LogP contribution in [0.5, 0.6) is 0 Å². The molecule has 0 fully saturated rings. The van der Waals surface area contributed by atoms with Gasteiger partial charge in [0, 0.05) is 23.1 Å². The van der Waals surface area contributed by atoms with E-state index in [1.54, 1.807) is 83.8 Å². The molecule has 0 bridgehead atoms. The Balaban J connectivity index is 1.60. The average Bonchev–Trinajstić information content (AvgIpc) is 3.10. The van der Waals surface area contributed by atoms with E-state index in [0.29, 0.717) is 17.1 Å². The van der Waals surface area contributed by atoms with Crippen molar-refractivity contribution in [3.05, 3.63) is 115 Å². The van der Waals surface area contributed by atoms with E-state index in [1.165, 1.54) is 34.1 Å². The number of carboxylic acids is 1. The number of anilines is 5. The third-order valence-electron chi connectivity index (χ3n) is 7.16. The van der Waals surface area contributed by atoms with Gasteiger partial charge < -0.3 is 15.3 Å². The summed E-state index contributed by atoms with van der Waals surface area (Å²) < 4.78 is 0. The number of para-hydroxylation sites is 4. The lowest BCUT2D eigenvalue weighted by Gasteiger charge is -2.31. The van der Waals surface area contributed by atoms with Crippen LogP contribution < -0.4 is 20.0 Å². The predicted molar refractivity (Wildman–Crippen MR) is 167 cm³/mol. The van der Waals surface area contributed by atoms with Crippen molar-refractivity contribution < 1.29 is 29.1 Å². The van der Waals surface area contributed by atoms with E-state index >= 15 is 0 Å². The first-order chi connectivity index (χ1) is 21.2. The van der Waals surface area contributed by atoms with Gasteiger partial charge in [0.2, 0.25) is 17.7 Å². The van der Waals surface area contributed by atoms with Crippen molar-refractivity contribution in [3.63, 3.8) is 0 Å². The first kappa shape index (κ1) is 29.7. The highest BCUT2D eigenvalue weighted by Gasteiger charge is 2.46. The number of hydrogen-bond acceptors (Lipinski definition) is 5. The molecular weight excluding hydrogens is 560 g/mol. The van der Waals surface area contributed by atoms with Crippen molar-refractivity contribution in [1.82, 2.24) is 0 Å². The number of amides is 4. The lowest BCUT2D eigenvalue weighted by molar-refractivity contribution is -0.138. The topological polar surface area (TPSA) is 127 Å². The van der Waals surface area contributed by atoms with Crippen molar-refractivity contribution in [1.29, 1.82) is 0 Å². The molecule has 1 heterocycles. The highest BCUT2D eigenvalue weighted by atomic mass is 16.4. The van der Waals surface area contributed by atoms with Crippen LogP contribution in [0.3, 0.4) is 0 Å². The summed E-state index contributed by atoms with van der Waals surface area (Å²) in [6.07, 6.45) is 0. The van der Waals surface area contributed by atoms with Gasteiger partial charge in [-0.2, -0.15) is 0 Å². The summed E-state index contributed by atoms with van der Waals surface area (Å²) in [4.78, 5) is 71.8. The minimum Gasteiger partial charge on any atom is -0.478 e. The summed E-state index contributed by atoms with van der Waals surface area (Å²) in [5, 5.41) is 11.9. The maximum absolute atomic E-state index is 14.3. The first-order valence-electron chi connectivity index (χ1n) is 14.0. The molecule has 1 atom stereocenters. The third-order valence-corrected chi connectivity index (χ3v) is 7.16. The van der Waals surface area contributed by atoms with Gasteiger partial charge in [0.05, 0.1) is 16.9 Å². The smallest absolute Gasteiger partial charge is 0.335 e. The predicted octanol–water partition coefficient (Wildman–Crippen LogP) is 5.09. The van der Waals surface area contributed by atoms with Gasteiger partial charge in [-0.3, -0.25) is 29.0 Å². The number of benzene rings is 4. The van der Waals surface area contributed by atoms with Crippen LogP contribution in [0.25, 0.3) is 0 Å². The van der Waals surface area contributed by atoms with Crippen molar-refractivity contribution in [3.8, 4) is 0 Å². The fraction of sp³-hybridized carbons (Fsp3) is 0.147. The summed E-state index contributed by atoms with van der Waals surface area (Å²) in [5.74, 6) is -6.18. The molecule has 222 valence electrons. The highest BCUT2D eigenvalue weighted by molar-refractivity contribution is 6.31. The Bertz CT molecular complexity index is 1720. The van der Waals surface area contributed by atoms with Gasteiger partial charge in [0.1, 0.15) is 6.54 Å². The molecule has 0 saturated carbocycles. The van der Waals surface area contributed by atoms with E-state index in [1.807, 2.05) is 19.9 Å². The molecule has 0 radical (unpaired) electrons. The maximum atomic E-state index is 14.3. The number of rotatable bonds is 8. The summed E-state index contributed by atoms with van der Waals surface area (Å²) >= 11 is 0. The molecule has 5 rings (SSSR count). The average molecular weight is 591 g/mol. The second-order valence-electron chi connectivity index (χ2n) is 10.4. The van der Waals surface area contributed by atoms with E-state index in [9.17, 15) is 29.1 Å². The Morgan fingerprint density at radius 2 is 1.41 bits per heavy atom. The van der Waals surface area contributed by atoms with E-state index < -0.39 is 42.1 Å². The quantitative estimate of drug-likeness (QED) is 0.275. The van der Waals surface area contributed by atoms with Gasteiger partial charge in [-0.05, 0) is 68.4 Å². The SMILES string of the molecule is CC(C)N(C(=O)CN1C(=O)C(C(=O)Nc2cccc(C(=O)O)c2)C(=O)N(c2ccccc2)c2ccccc21)c1ccccc1. The molecule has 4 amide bonds. The minimum atomic E-state index is -1.90. The molecule has 1 aliphatic rings. The fourth-order valence-corrected chi connectivity index (χ4v) is 5.21. The number of aromatic carboxylic acids is 1. The van der Waals surface area contributed by atoms with Gasteiger partial charge in [-0.1, -0.05) is 54.6 Å². The van der Waals surface area contributed by atoms with Crippen molar-refractivity contribution >= 4 is 58.0 Å². The van der Waals surface area contributed by atoms with Crippen LogP contribution in [0.4, 0.5) is 28.4 Å². The van der Waals surface area contributed by atoms with Gasteiger partial charge in [0.15, 0.2) is 5.92 Å². The number of nitrogens with zero attached hydrogens (tertiary/aromatic N) is 3. The van der Waals surface area contributed by atoms with Crippen LogP contribution in [-0.4, -0.2) is 47.3 Å². The normalized spacial score (nSPS) is 14.6. The van der Waals surface area contributed by atoms with Crippen LogP contribution in [0, 0.1) is 5.92 Å². The molecule has 0 aliphatic carbocycles. The standard InChI is InChI=1S/C34H30N4O6/c1-22(2)37(25-14-5-3-6-15-25)29(39)21-36-27-18-9-10-19-28(27)38(26-16-7-4-8-17-26)33(42)30(32(36)41)31(40)35-24-13-11-12-23(20-24)34(43)44/h3-20,22,30H,21H2,1-2H3,(H,35,40)(H,43,44). The molecule has 1 aliphatic heterocycles. The van der Waals surface area contributed by atoms with Crippen molar-refractivity contribution in [2.45, 2.75) is 19.9 Å². The molecule has 4 aromatic rings. The van der Waals surface area contributed by atoms with Gasteiger partial charge in [0.25, 0.3) is 5.91 Å². The molecule has 0 saturated heterocycles. The summed E-state index contributed by atoms with van der Waals surface area (Å²) in [6, 6.07) is 29.5. The molecular formula is C34H30N4O6. The second kappa shape index (κ2) is 12.6. The molecule has 0 spiro atoms. The molecule has 10 heteroatoms. The van der Waals surface area contributed by atoms with Crippen LogP contribution in [0.1, 0.15) is 24.2 Å². The number of hydrogen-bond donors (Lipinski definition) is 2. The zero-order chi connectivity index (χ0) is 31.4. The number of fused-ring (bicyclic) bond motifs is 1. The number of carboxylic acid groups (broad SMARTS) is 1. The number of carbonyl (C=O) groups excluding carboxylic acids is 4. The Labute approximate surface area is 254 Å². The van der Waals surface area contributed by atoms with Crippen molar-refractivity contribution in [2.24, 2.45) is 5.92 Å². The Morgan fingerprint density at radius 1 is 0.795 bits per heavy atom. The van der Waals surface area contributed by atoms with E-state index in [-0.39, 0.29) is 23.0 Å². The molecule has 0 aromatic heterocycles. The van der Waals surface area contributed by atoms with Gasteiger partial charge in [-0.25, -0.2) is 4.79 Å². The summed E-state index contributed by atoms with van der Waals surface area (Å²) in [5.41, 5.74) is 1.68. The lowest BCUT2D eigenvalue weighted by Crippen LogP contribution is -2.50. The molecule has 44 heavy (non-hydrogen) atoms.